The number of fused-ring (bicyclic) bond motifs is 1. The van der Waals surface area contributed by atoms with Crippen LogP contribution in [0.2, 0.25) is 0 Å². The second-order valence-electron chi connectivity index (χ2n) is 7.22. The van der Waals surface area contributed by atoms with Crippen LogP contribution in [-0.2, 0) is 9.53 Å². The van der Waals surface area contributed by atoms with Gasteiger partial charge in [-0.05, 0) is 44.2 Å². The van der Waals surface area contributed by atoms with Crippen molar-refractivity contribution in [2.24, 2.45) is 0 Å². The molecule has 2 aromatic heterocycles. The predicted molar refractivity (Wildman–Crippen MR) is 127 cm³/mol. The van der Waals surface area contributed by atoms with Gasteiger partial charge in [-0.3, -0.25) is 14.2 Å². The third-order valence-corrected chi connectivity index (χ3v) is 4.88. The molecule has 0 aliphatic heterocycles. The van der Waals surface area contributed by atoms with Crippen LogP contribution < -0.4 is 16.1 Å². The summed E-state index contributed by atoms with van der Waals surface area (Å²) in [7, 11) is 0. The molecule has 4 aromatic rings. The lowest BCUT2D eigenvalue weighted by Crippen LogP contribution is -2.20. The molecule has 0 aliphatic rings. The van der Waals surface area contributed by atoms with Crippen molar-refractivity contribution in [2.75, 3.05) is 23.8 Å². The van der Waals surface area contributed by atoms with Gasteiger partial charge in [-0.2, -0.15) is 0 Å². The summed E-state index contributed by atoms with van der Waals surface area (Å²) in [6, 6.07) is 22.7. The molecule has 0 amide bonds. The molecular weight excluding hydrogens is 404 g/mol. The molecule has 2 heterocycles. The van der Waals surface area contributed by atoms with E-state index in [9.17, 15) is 9.59 Å². The maximum Gasteiger partial charge on any atom is 0.325 e. The minimum atomic E-state index is -0.388. The van der Waals surface area contributed by atoms with Crippen LogP contribution in [-0.4, -0.2) is 28.7 Å². The number of anilines is 3. The molecule has 0 unspecified atom stereocenters. The van der Waals surface area contributed by atoms with E-state index in [-0.39, 0.29) is 17.9 Å². The number of carbonyl (C=O) groups is 1. The van der Waals surface area contributed by atoms with E-state index in [0.717, 1.165) is 11.4 Å². The van der Waals surface area contributed by atoms with Crippen LogP contribution >= 0.6 is 0 Å². The summed E-state index contributed by atoms with van der Waals surface area (Å²) in [5.41, 5.74) is 3.25. The molecule has 7 nitrogen and oxygen atoms in total. The van der Waals surface area contributed by atoms with Crippen molar-refractivity contribution in [3.05, 3.63) is 88.7 Å². The number of aryl methyl sites for hydroxylation is 1. The lowest BCUT2D eigenvalue weighted by Gasteiger charge is -2.19. The van der Waals surface area contributed by atoms with Gasteiger partial charge in [-0.25, -0.2) is 4.98 Å². The topological polar surface area (TPSA) is 85.2 Å². The summed E-state index contributed by atoms with van der Waals surface area (Å²) in [6.07, 6.45) is 0. The molecule has 0 saturated carbocycles. The summed E-state index contributed by atoms with van der Waals surface area (Å²) < 4.78 is 6.91. The van der Waals surface area contributed by atoms with E-state index >= 15 is 0 Å². The first kappa shape index (κ1) is 21.1. The van der Waals surface area contributed by atoms with Gasteiger partial charge in [0.25, 0.3) is 0 Å². The van der Waals surface area contributed by atoms with Crippen molar-refractivity contribution < 1.29 is 9.53 Å². The van der Waals surface area contributed by atoms with Gasteiger partial charge < -0.3 is 15.4 Å². The molecular formula is C25H24N4O3. The number of aromatic nitrogens is 2. The van der Waals surface area contributed by atoms with E-state index in [1.54, 1.807) is 19.1 Å². The second-order valence-corrected chi connectivity index (χ2v) is 7.22. The predicted octanol–water partition coefficient (Wildman–Crippen LogP) is 4.41. The number of benzene rings is 2. The van der Waals surface area contributed by atoms with Gasteiger partial charge >= 0.3 is 5.97 Å². The lowest BCUT2D eigenvalue weighted by atomic mass is 10.2. The minimum Gasteiger partial charge on any atom is -0.465 e. The Morgan fingerprint density at radius 3 is 2.41 bits per heavy atom. The Bertz CT molecular complexity index is 1300. The number of ether oxygens (including phenoxy) is 1. The maximum absolute atomic E-state index is 13.2. The van der Waals surface area contributed by atoms with E-state index < -0.39 is 0 Å². The molecule has 0 fully saturated rings. The second kappa shape index (κ2) is 9.34. The Labute approximate surface area is 185 Å². The molecule has 0 radical (unpaired) electrons. The largest absolute Gasteiger partial charge is 0.465 e. The molecule has 162 valence electrons. The highest BCUT2D eigenvalue weighted by molar-refractivity contribution is 5.93. The van der Waals surface area contributed by atoms with Crippen molar-refractivity contribution in [3.8, 4) is 5.69 Å². The molecule has 0 spiro atoms. The Hall–Kier alpha value is -4.13. The third-order valence-electron chi connectivity index (χ3n) is 4.88. The highest BCUT2D eigenvalue weighted by atomic mass is 16.5. The first-order valence-corrected chi connectivity index (χ1v) is 10.4. The summed E-state index contributed by atoms with van der Waals surface area (Å²) in [5, 5.41) is 6.80. The zero-order chi connectivity index (χ0) is 22.5. The number of hydrogen-bond donors (Lipinski definition) is 2. The minimum absolute atomic E-state index is 0.0405. The number of rotatable bonds is 7. The van der Waals surface area contributed by atoms with Crippen LogP contribution in [0.4, 0.5) is 17.2 Å². The number of esters is 1. The first-order valence-electron chi connectivity index (χ1n) is 10.4. The highest BCUT2D eigenvalue weighted by Gasteiger charge is 2.17. The third kappa shape index (κ3) is 4.46. The smallest absolute Gasteiger partial charge is 0.325 e. The monoisotopic (exact) mass is 428 g/mol. The van der Waals surface area contributed by atoms with Gasteiger partial charge in [0.1, 0.15) is 12.4 Å². The van der Waals surface area contributed by atoms with Gasteiger partial charge in [0.05, 0.1) is 17.7 Å². The maximum atomic E-state index is 13.2. The standard InChI is InChI=1S/C25H24N4O3/c1-3-32-23(31)16-26-20-14-17(2)27-25-24(20)21(30)15-22(28-18-10-6-4-7-11-18)29(25)19-12-8-5-9-13-19/h4-15,28H,3,16H2,1-2H3,(H,26,27). The SMILES string of the molecule is CCOC(=O)CNc1cc(C)nc2c1c(=O)cc(Nc1ccccc1)n2-c1ccccc1. The Kier molecular flexibility index (Phi) is 6.17. The fourth-order valence-corrected chi connectivity index (χ4v) is 3.56. The normalized spacial score (nSPS) is 10.7. The van der Waals surface area contributed by atoms with Crippen molar-refractivity contribution in [1.82, 2.24) is 9.55 Å². The van der Waals surface area contributed by atoms with E-state index in [1.807, 2.05) is 72.2 Å². The first-order chi connectivity index (χ1) is 15.6. The van der Waals surface area contributed by atoms with Crippen LogP contribution in [0.1, 0.15) is 12.6 Å². The Morgan fingerprint density at radius 1 is 1.03 bits per heavy atom. The zero-order valence-electron chi connectivity index (χ0n) is 18.0. The fraction of sp³-hybridized carbons (Fsp3) is 0.160. The number of nitrogens with zero attached hydrogens (tertiary/aromatic N) is 2. The van der Waals surface area contributed by atoms with Crippen LogP contribution in [0.3, 0.4) is 0 Å². The van der Waals surface area contributed by atoms with Gasteiger partial charge in [-0.1, -0.05) is 36.4 Å². The quantitative estimate of drug-likeness (QED) is 0.424. The summed E-state index contributed by atoms with van der Waals surface area (Å²) >= 11 is 0. The van der Waals surface area contributed by atoms with Gasteiger partial charge in [0, 0.05) is 23.1 Å². The summed E-state index contributed by atoms with van der Waals surface area (Å²) in [6.45, 7) is 3.86. The Morgan fingerprint density at radius 2 is 1.72 bits per heavy atom. The number of nitrogens with one attached hydrogen (secondary N) is 2. The molecule has 0 atom stereocenters. The van der Waals surface area contributed by atoms with Crippen molar-refractivity contribution in [2.45, 2.75) is 13.8 Å². The fourth-order valence-electron chi connectivity index (χ4n) is 3.56. The molecule has 2 aromatic carbocycles. The van der Waals surface area contributed by atoms with Gasteiger partial charge in [0.2, 0.25) is 0 Å². The highest BCUT2D eigenvalue weighted by Crippen LogP contribution is 2.28. The number of hydrogen-bond acceptors (Lipinski definition) is 6. The number of para-hydroxylation sites is 2. The van der Waals surface area contributed by atoms with Crippen molar-refractivity contribution >= 4 is 34.2 Å². The lowest BCUT2D eigenvalue weighted by molar-refractivity contribution is -0.140. The van der Waals surface area contributed by atoms with E-state index in [4.69, 9.17) is 9.72 Å². The molecule has 0 aliphatic carbocycles. The Balaban J connectivity index is 1.92. The summed E-state index contributed by atoms with van der Waals surface area (Å²) in [5.74, 6) is 0.204. The molecule has 32 heavy (non-hydrogen) atoms. The van der Waals surface area contributed by atoms with Crippen molar-refractivity contribution in [1.29, 1.82) is 0 Å². The number of carbonyl (C=O) groups excluding carboxylic acids is 1. The molecule has 0 bridgehead atoms. The van der Waals surface area contributed by atoms with Crippen molar-refractivity contribution in [3.63, 3.8) is 0 Å². The molecule has 0 saturated heterocycles. The summed E-state index contributed by atoms with van der Waals surface area (Å²) in [4.78, 5) is 29.8. The van der Waals surface area contributed by atoms with Crippen LogP contribution in [0.5, 0.6) is 0 Å². The van der Waals surface area contributed by atoms with E-state index in [2.05, 4.69) is 10.6 Å². The van der Waals surface area contributed by atoms with Crippen LogP contribution in [0.15, 0.2) is 77.6 Å². The molecule has 4 rings (SSSR count). The molecule has 7 heteroatoms. The van der Waals surface area contributed by atoms with Gasteiger partial charge in [-0.15, -0.1) is 0 Å². The average molecular weight is 428 g/mol. The zero-order valence-corrected chi connectivity index (χ0v) is 18.0. The van der Waals surface area contributed by atoms with Crippen LogP contribution in [0, 0.1) is 6.92 Å². The van der Waals surface area contributed by atoms with E-state index in [0.29, 0.717) is 34.8 Å². The van der Waals surface area contributed by atoms with Crippen LogP contribution in [0.25, 0.3) is 16.7 Å². The van der Waals surface area contributed by atoms with Gasteiger partial charge in [0.15, 0.2) is 11.1 Å². The molecule has 2 N–H and O–H groups in total. The average Bonchev–Trinajstić information content (AvgIpc) is 2.79. The number of pyridine rings is 2. The van der Waals surface area contributed by atoms with E-state index in [1.165, 1.54) is 0 Å².